The van der Waals surface area contributed by atoms with Crippen molar-refractivity contribution in [2.24, 2.45) is 18.9 Å². The first-order chi connectivity index (χ1) is 10.4. The number of nitrogens with zero attached hydrogens (tertiary/aromatic N) is 2. The molecule has 1 amide bonds. The van der Waals surface area contributed by atoms with Gasteiger partial charge >= 0.3 is 5.97 Å². The Labute approximate surface area is 128 Å². The summed E-state index contributed by atoms with van der Waals surface area (Å²) in [5.74, 6) is -2.97. The summed E-state index contributed by atoms with van der Waals surface area (Å²) in [6, 6.07) is 7.25. The summed E-state index contributed by atoms with van der Waals surface area (Å²) in [5, 5.41) is 15.9. The number of carbonyl (C=O) groups excluding carboxylic acids is 1. The highest BCUT2D eigenvalue weighted by Gasteiger charge is 2.29. The number of nitrogens with one attached hydrogen (secondary N) is 1. The predicted octanol–water partition coefficient (Wildman–Crippen LogP) is 2.38. The van der Waals surface area contributed by atoms with E-state index in [9.17, 15) is 9.59 Å². The van der Waals surface area contributed by atoms with Crippen LogP contribution in [0.2, 0.25) is 0 Å². The van der Waals surface area contributed by atoms with Gasteiger partial charge in [-0.2, -0.15) is 5.10 Å². The van der Waals surface area contributed by atoms with E-state index in [1.54, 1.807) is 36.9 Å². The Kier molecular flexibility index (Phi) is 4.60. The van der Waals surface area contributed by atoms with Crippen LogP contribution in [0.25, 0.3) is 11.1 Å². The lowest BCUT2D eigenvalue weighted by Gasteiger charge is -2.16. The average molecular weight is 301 g/mol. The highest BCUT2D eigenvalue weighted by Crippen LogP contribution is 2.23. The standard InChI is InChI=1S/C16H19N3O3/c1-10(2)14(16(21)22)15(20)18-13-6-4-5-11(7-13)12-8-17-19(3)9-12/h4-10,14H,1-3H3,(H,18,20)(H,21,22). The van der Waals surface area contributed by atoms with E-state index < -0.39 is 17.8 Å². The third kappa shape index (κ3) is 3.52. The monoisotopic (exact) mass is 301 g/mol. The van der Waals surface area contributed by atoms with E-state index in [4.69, 9.17) is 5.11 Å². The molecule has 1 aromatic heterocycles. The number of carboxylic acids is 1. The summed E-state index contributed by atoms with van der Waals surface area (Å²) >= 11 is 0. The molecule has 0 spiro atoms. The van der Waals surface area contributed by atoms with Crippen molar-refractivity contribution in [3.05, 3.63) is 36.7 Å². The Balaban J connectivity index is 2.20. The summed E-state index contributed by atoms with van der Waals surface area (Å²) in [4.78, 5) is 23.3. The SMILES string of the molecule is CC(C)C(C(=O)O)C(=O)Nc1cccc(-c2cnn(C)c2)c1. The summed E-state index contributed by atoms with van der Waals surface area (Å²) in [6.45, 7) is 3.43. The first-order valence-corrected chi connectivity index (χ1v) is 7.01. The van der Waals surface area contributed by atoms with Gasteiger partial charge in [-0.05, 0) is 23.6 Å². The van der Waals surface area contributed by atoms with Crippen LogP contribution in [0.15, 0.2) is 36.7 Å². The highest BCUT2D eigenvalue weighted by molar-refractivity contribution is 6.04. The lowest BCUT2D eigenvalue weighted by molar-refractivity contribution is -0.147. The minimum Gasteiger partial charge on any atom is -0.481 e. The molecule has 1 atom stereocenters. The van der Waals surface area contributed by atoms with Crippen molar-refractivity contribution in [2.45, 2.75) is 13.8 Å². The number of aryl methyl sites for hydroxylation is 1. The minimum absolute atomic E-state index is 0.279. The molecule has 0 fully saturated rings. The van der Waals surface area contributed by atoms with Gasteiger partial charge in [-0.3, -0.25) is 14.3 Å². The fourth-order valence-electron chi connectivity index (χ4n) is 2.27. The van der Waals surface area contributed by atoms with Crippen molar-refractivity contribution in [3.63, 3.8) is 0 Å². The molecular formula is C16H19N3O3. The molecule has 22 heavy (non-hydrogen) atoms. The lowest BCUT2D eigenvalue weighted by Crippen LogP contribution is -2.33. The van der Waals surface area contributed by atoms with Gasteiger partial charge in [0.15, 0.2) is 0 Å². The largest absolute Gasteiger partial charge is 0.481 e. The Morgan fingerprint density at radius 1 is 1.27 bits per heavy atom. The number of benzene rings is 1. The second-order valence-electron chi connectivity index (χ2n) is 5.53. The van der Waals surface area contributed by atoms with E-state index in [2.05, 4.69) is 10.4 Å². The summed E-state index contributed by atoms with van der Waals surface area (Å²) in [7, 11) is 1.83. The zero-order chi connectivity index (χ0) is 16.3. The van der Waals surface area contributed by atoms with Gasteiger partial charge in [0.2, 0.25) is 5.91 Å². The first-order valence-electron chi connectivity index (χ1n) is 7.01. The quantitative estimate of drug-likeness (QED) is 0.830. The van der Waals surface area contributed by atoms with E-state index in [0.717, 1.165) is 11.1 Å². The van der Waals surface area contributed by atoms with Crippen LogP contribution < -0.4 is 5.32 Å². The van der Waals surface area contributed by atoms with Crippen LogP contribution in [0.3, 0.4) is 0 Å². The van der Waals surface area contributed by atoms with E-state index in [-0.39, 0.29) is 5.92 Å². The molecule has 0 saturated heterocycles. The maximum Gasteiger partial charge on any atom is 0.316 e. The fraction of sp³-hybridized carbons (Fsp3) is 0.312. The number of aliphatic carboxylic acids is 1. The van der Waals surface area contributed by atoms with Crippen molar-refractivity contribution in [1.29, 1.82) is 0 Å². The van der Waals surface area contributed by atoms with Gasteiger partial charge in [-0.1, -0.05) is 26.0 Å². The van der Waals surface area contributed by atoms with Crippen LogP contribution >= 0.6 is 0 Å². The van der Waals surface area contributed by atoms with Gasteiger partial charge in [-0.25, -0.2) is 0 Å². The molecule has 2 aromatic rings. The summed E-state index contributed by atoms with van der Waals surface area (Å²) in [6.07, 6.45) is 3.60. The van der Waals surface area contributed by atoms with Crippen LogP contribution in [0.4, 0.5) is 5.69 Å². The van der Waals surface area contributed by atoms with Crippen molar-refractivity contribution in [2.75, 3.05) is 5.32 Å². The van der Waals surface area contributed by atoms with E-state index in [1.807, 2.05) is 25.4 Å². The molecule has 116 valence electrons. The zero-order valence-electron chi connectivity index (χ0n) is 12.8. The van der Waals surface area contributed by atoms with E-state index in [1.165, 1.54) is 0 Å². The molecule has 0 bridgehead atoms. The van der Waals surface area contributed by atoms with Crippen molar-refractivity contribution in [1.82, 2.24) is 9.78 Å². The molecule has 0 aliphatic heterocycles. The Morgan fingerprint density at radius 3 is 2.55 bits per heavy atom. The van der Waals surface area contributed by atoms with Gasteiger partial charge < -0.3 is 10.4 Å². The van der Waals surface area contributed by atoms with Gasteiger partial charge in [0.1, 0.15) is 5.92 Å². The number of anilines is 1. The molecule has 1 aromatic carbocycles. The Morgan fingerprint density at radius 2 is 2.00 bits per heavy atom. The molecular weight excluding hydrogens is 282 g/mol. The van der Waals surface area contributed by atoms with Crippen LogP contribution in [-0.4, -0.2) is 26.8 Å². The topological polar surface area (TPSA) is 84.2 Å². The van der Waals surface area contributed by atoms with Gasteiger partial charge in [0.25, 0.3) is 0 Å². The van der Waals surface area contributed by atoms with Crippen molar-refractivity contribution in [3.8, 4) is 11.1 Å². The summed E-state index contributed by atoms with van der Waals surface area (Å²) in [5.41, 5.74) is 2.40. The number of carboxylic acid groups (broad SMARTS) is 1. The number of aromatic nitrogens is 2. The summed E-state index contributed by atoms with van der Waals surface area (Å²) < 4.78 is 1.69. The molecule has 6 nitrogen and oxygen atoms in total. The molecule has 2 rings (SSSR count). The molecule has 1 unspecified atom stereocenters. The van der Waals surface area contributed by atoms with Crippen molar-refractivity contribution < 1.29 is 14.7 Å². The fourth-order valence-corrected chi connectivity index (χ4v) is 2.27. The molecule has 0 radical (unpaired) electrons. The van der Waals surface area contributed by atoms with Crippen LogP contribution in [0.1, 0.15) is 13.8 Å². The van der Waals surface area contributed by atoms with Crippen molar-refractivity contribution >= 4 is 17.6 Å². The molecule has 6 heteroatoms. The second kappa shape index (κ2) is 6.43. The van der Waals surface area contributed by atoms with Gasteiger partial charge in [0.05, 0.1) is 6.20 Å². The normalized spacial score (nSPS) is 12.2. The molecule has 0 saturated carbocycles. The maximum absolute atomic E-state index is 12.1. The third-order valence-corrected chi connectivity index (χ3v) is 3.38. The lowest BCUT2D eigenvalue weighted by atomic mass is 9.95. The third-order valence-electron chi connectivity index (χ3n) is 3.38. The zero-order valence-corrected chi connectivity index (χ0v) is 12.8. The van der Waals surface area contributed by atoms with Crippen LogP contribution in [0.5, 0.6) is 0 Å². The van der Waals surface area contributed by atoms with Crippen LogP contribution in [0, 0.1) is 11.8 Å². The molecule has 0 aliphatic rings. The number of carbonyl (C=O) groups is 2. The Hall–Kier alpha value is -2.63. The second-order valence-corrected chi connectivity index (χ2v) is 5.53. The van der Waals surface area contributed by atoms with E-state index >= 15 is 0 Å². The van der Waals surface area contributed by atoms with Gasteiger partial charge in [0, 0.05) is 24.5 Å². The predicted molar refractivity (Wildman–Crippen MR) is 83.2 cm³/mol. The molecule has 1 heterocycles. The smallest absolute Gasteiger partial charge is 0.316 e. The number of amides is 1. The maximum atomic E-state index is 12.1. The minimum atomic E-state index is -1.11. The highest BCUT2D eigenvalue weighted by atomic mass is 16.4. The Bertz CT molecular complexity index is 691. The number of hydrogen-bond donors (Lipinski definition) is 2. The first kappa shape index (κ1) is 15.8. The van der Waals surface area contributed by atoms with Gasteiger partial charge in [-0.15, -0.1) is 0 Å². The number of rotatable bonds is 5. The van der Waals surface area contributed by atoms with E-state index in [0.29, 0.717) is 5.69 Å². The molecule has 2 N–H and O–H groups in total. The van der Waals surface area contributed by atoms with Crippen LogP contribution in [-0.2, 0) is 16.6 Å². The molecule has 0 aliphatic carbocycles. The average Bonchev–Trinajstić information content (AvgIpc) is 2.84. The number of hydrogen-bond acceptors (Lipinski definition) is 3.